The molecular weight excluding hydrogens is 346 g/mol. The molecule has 0 radical (unpaired) electrons. The first-order valence-electron chi connectivity index (χ1n) is 8.56. The van der Waals surface area contributed by atoms with Crippen molar-refractivity contribution in [1.29, 1.82) is 0 Å². The molecule has 4 nitrogen and oxygen atoms in total. The molecule has 2 aromatic carbocycles. The van der Waals surface area contributed by atoms with Gasteiger partial charge in [0.15, 0.2) is 5.75 Å². The summed E-state index contributed by atoms with van der Waals surface area (Å²) in [5.41, 5.74) is 0.664. The second-order valence-corrected chi connectivity index (χ2v) is 6.66. The molecule has 0 spiro atoms. The minimum absolute atomic E-state index is 0.0267. The molecule has 26 heavy (non-hydrogen) atoms. The summed E-state index contributed by atoms with van der Waals surface area (Å²) < 4.78 is 11.4. The van der Waals surface area contributed by atoms with Crippen LogP contribution >= 0.6 is 11.3 Å². The molecule has 0 aliphatic rings. The Balaban J connectivity index is 1.62. The third-order valence-electron chi connectivity index (χ3n) is 3.70. The second kappa shape index (κ2) is 9.06. The molecule has 5 heteroatoms. The van der Waals surface area contributed by atoms with Crippen molar-refractivity contribution in [2.75, 3.05) is 11.9 Å². The predicted octanol–water partition coefficient (Wildman–Crippen LogP) is 5.51. The average Bonchev–Trinajstić information content (AvgIpc) is 3.17. The van der Waals surface area contributed by atoms with E-state index < -0.39 is 0 Å². The van der Waals surface area contributed by atoms with Gasteiger partial charge in [0.2, 0.25) is 5.91 Å². The molecule has 0 saturated carbocycles. The SMILES string of the molecule is CCOc1ccc(Oc2ccccc2NC(=O)CCc2cccs2)cc1. The van der Waals surface area contributed by atoms with Gasteiger partial charge in [-0.15, -0.1) is 11.3 Å². The Morgan fingerprint density at radius 3 is 2.50 bits per heavy atom. The van der Waals surface area contributed by atoms with Crippen LogP contribution in [0.3, 0.4) is 0 Å². The Morgan fingerprint density at radius 1 is 1.00 bits per heavy atom. The van der Waals surface area contributed by atoms with Crippen LogP contribution in [0, 0.1) is 0 Å². The van der Waals surface area contributed by atoms with Crippen molar-refractivity contribution in [3.8, 4) is 17.2 Å². The van der Waals surface area contributed by atoms with E-state index in [-0.39, 0.29) is 5.91 Å². The Kier molecular flexibility index (Phi) is 6.28. The van der Waals surface area contributed by atoms with Gasteiger partial charge in [0, 0.05) is 11.3 Å². The highest BCUT2D eigenvalue weighted by atomic mass is 32.1. The number of aryl methyl sites for hydroxylation is 1. The third-order valence-corrected chi connectivity index (χ3v) is 4.64. The zero-order chi connectivity index (χ0) is 18.2. The molecular formula is C21H21NO3S. The van der Waals surface area contributed by atoms with E-state index in [2.05, 4.69) is 5.32 Å². The van der Waals surface area contributed by atoms with Crippen molar-refractivity contribution in [3.63, 3.8) is 0 Å². The fraction of sp³-hybridized carbons (Fsp3) is 0.190. The van der Waals surface area contributed by atoms with Gasteiger partial charge in [-0.3, -0.25) is 4.79 Å². The van der Waals surface area contributed by atoms with E-state index in [1.54, 1.807) is 11.3 Å². The lowest BCUT2D eigenvalue weighted by atomic mass is 10.2. The molecule has 1 aromatic heterocycles. The van der Waals surface area contributed by atoms with Crippen LogP contribution < -0.4 is 14.8 Å². The van der Waals surface area contributed by atoms with Gasteiger partial charge in [0.05, 0.1) is 12.3 Å². The monoisotopic (exact) mass is 367 g/mol. The Morgan fingerprint density at radius 2 is 1.77 bits per heavy atom. The molecule has 0 fully saturated rings. The van der Waals surface area contributed by atoms with Crippen molar-refractivity contribution >= 4 is 22.9 Å². The van der Waals surface area contributed by atoms with Crippen LogP contribution in [0.4, 0.5) is 5.69 Å². The molecule has 0 unspecified atom stereocenters. The zero-order valence-corrected chi connectivity index (χ0v) is 15.4. The summed E-state index contributed by atoms with van der Waals surface area (Å²) in [4.78, 5) is 13.5. The van der Waals surface area contributed by atoms with Crippen LogP contribution in [0.5, 0.6) is 17.2 Å². The van der Waals surface area contributed by atoms with Gasteiger partial charge in [0.1, 0.15) is 11.5 Å². The maximum Gasteiger partial charge on any atom is 0.224 e. The highest BCUT2D eigenvalue weighted by Crippen LogP contribution is 2.30. The standard InChI is InChI=1S/C21H21NO3S/c1-2-24-16-9-11-17(12-10-16)25-20-8-4-3-7-19(20)22-21(23)14-13-18-6-5-15-26-18/h3-12,15H,2,13-14H2,1H3,(H,22,23). The fourth-order valence-corrected chi connectivity index (χ4v) is 3.17. The normalized spacial score (nSPS) is 10.3. The van der Waals surface area contributed by atoms with Crippen LogP contribution in [-0.4, -0.2) is 12.5 Å². The number of ether oxygens (including phenoxy) is 2. The molecule has 1 N–H and O–H groups in total. The third kappa shape index (κ3) is 5.10. The van der Waals surface area contributed by atoms with Crippen LogP contribution in [0.15, 0.2) is 66.0 Å². The van der Waals surface area contributed by atoms with Crippen molar-refractivity contribution in [3.05, 3.63) is 70.9 Å². The number of rotatable bonds is 8. The van der Waals surface area contributed by atoms with Crippen molar-refractivity contribution < 1.29 is 14.3 Å². The average molecular weight is 367 g/mol. The first-order chi connectivity index (χ1) is 12.7. The number of carbonyl (C=O) groups excluding carboxylic acids is 1. The summed E-state index contributed by atoms with van der Waals surface area (Å²) in [6, 6.07) is 18.9. The van der Waals surface area contributed by atoms with E-state index in [0.29, 0.717) is 30.2 Å². The maximum atomic E-state index is 12.3. The topological polar surface area (TPSA) is 47.6 Å². The van der Waals surface area contributed by atoms with Crippen molar-refractivity contribution in [1.82, 2.24) is 0 Å². The number of hydrogen-bond acceptors (Lipinski definition) is 4. The van der Waals surface area contributed by atoms with Gasteiger partial charge < -0.3 is 14.8 Å². The number of benzene rings is 2. The molecule has 0 saturated heterocycles. The smallest absolute Gasteiger partial charge is 0.224 e. The first kappa shape index (κ1) is 18.0. The summed E-state index contributed by atoms with van der Waals surface area (Å²) in [5.74, 6) is 2.08. The highest BCUT2D eigenvalue weighted by Gasteiger charge is 2.09. The van der Waals surface area contributed by atoms with Crippen LogP contribution in [0.2, 0.25) is 0 Å². The van der Waals surface area contributed by atoms with E-state index >= 15 is 0 Å². The first-order valence-corrected chi connectivity index (χ1v) is 9.44. The van der Waals surface area contributed by atoms with E-state index in [1.165, 1.54) is 4.88 Å². The largest absolute Gasteiger partial charge is 0.494 e. The summed E-state index contributed by atoms with van der Waals surface area (Å²) in [7, 11) is 0. The molecule has 3 rings (SSSR count). The summed E-state index contributed by atoms with van der Waals surface area (Å²) in [6.45, 7) is 2.57. The van der Waals surface area contributed by atoms with Gasteiger partial charge in [-0.1, -0.05) is 18.2 Å². The molecule has 134 valence electrons. The van der Waals surface area contributed by atoms with Gasteiger partial charge in [-0.25, -0.2) is 0 Å². The molecule has 1 heterocycles. The van der Waals surface area contributed by atoms with E-state index in [4.69, 9.17) is 9.47 Å². The lowest BCUT2D eigenvalue weighted by Crippen LogP contribution is -2.12. The van der Waals surface area contributed by atoms with Crippen molar-refractivity contribution in [2.24, 2.45) is 0 Å². The number of hydrogen-bond donors (Lipinski definition) is 1. The van der Waals surface area contributed by atoms with Gasteiger partial charge in [-0.2, -0.15) is 0 Å². The summed E-state index contributed by atoms with van der Waals surface area (Å²) in [5, 5.41) is 4.96. The Bertz CT molecular complexity index is 829. The maximum absolute atomic E-state index is 12.3. The molecule has 0 atom stereocenters. The number of nitrogens with one attached hydrogen (secondary N) is 1. The molecule has 0 aliphatic carbocycles. The highest BCUT2D eigenvalue weighted by molar-refractivity contribution is 7.09. The Labute approximate surface area is 157 Å². The van der Waals surface area contributed by atoms with Gasteiger partial charge >= 0.3 is 0 Å². The fourth-order valence-electron chi connectivity index (χ4n) is 2.46. The second-order valence-electron chi connectivity index (χ2n) is 5.63. The molecule has 0 bridgehead atoms. The molecule has 3 aromatic rings. The lowest BCUT2D eigenvalue weighted by molar-refractivity contribution is -0.116. The minimum Gasteiger partial charge on any atom is -0.494 e. The number of carbonyl (C=O) groups is 1. The number of para-hydroxylation sites is 2. The lowest BCUT2D eigenvalue weighted by Gasteiger charge is -2.12. The molecule has 1 amide bonds. The van der Waals surface area contributed by atoms with Gasteiger partial charge in [-0.05, 0) is 61.2 Å². The molecule has 0 aliphatic heterocycles. The van der Waals surface area contributed by atoms with Crippen LogP contribution in [0.1, 0.15) is 18.2 Å². The Hall–Kier alpha value is -2.79. The number of amides is 1. The number of anilines is 1. The van der Waals surface area contributed by atoms with Gasteiger partial charge in [0.25, 0.3) is 0 Å². The quantitative estimate of drug-likeness (QED) is 0.571. The predicted molar refractivity (Wildman–Crippen MR) is 105 cm³/mol. The van der Waals surface area contributed by atoms with E-state index in [9.17, 15) is 4.79 Å². The van der Waals surface area contributed by atoms with Crippen LogP contribution in [-0.2, 0) is 11.2 Å². The van der Waals surface area contributed by atoms with E-state index in [1.807, 2.05) is 73.0 Å². The number of thiophene rings is 1. The minimum atomic E-state index is -0.0267. The van der Waals surface area contributed by atoms with Crippen molar-refractivity contribution in [2.45, 2.75) is 19.8 Å². The zero-order valence-electron chi connectivity index (χ0n) is 14.6. The summed E-state index contributed by atoms with van der Waals surface area (Å²) >= 11 is 1.67. The van der Waals surface area contributed by atoms with E-state index in [0.717, 1.165) is 12.2 Å². The summed E-state index contributed by atoms with van der Waals surface area (Å²) in [6.07, 6.45) is 1.18. The van der Waals surface area contributed by atoms with Crippen LogP contribution in [0.25, 0.3) is 0 Å².